The van der Waals surface area contributed by atoms with Crippen LogP contribution in [0.25, 0.3) is 76.4 Å². The topological polar surface area (TPSA) is 63.5 Å². The Morgan fingerprint density at radius 2 is 1.40 bits per heavy atom. The van der Waals surface area contributed by atoms with Gasteiger partial charge in [-0.3, -0.25) is 4.57 Å². The molecular weight excluding hydrogens is 634 g/mol. The standard InChI is InChI=1S/C42H30B2N2O3S/c1-41(2)28-11-6-10-26-35-23(8-7-13-32(35)46(37(26)28)40-30(41)20-34(44-48)49-40)21-14-16-25-33(18-21)50-39-38(25)45-31-17-15-22(43-47)19-27(31)24-9-5-12-29(36(24)45)42(39,3)4/h5-20,47-48H,1-4H3. The molecule has 5 aromatic carbocycles. The Labute approximate surface area is 293 Å². The molecule has 0 saturated carbocycles. The molecule has 5 nitrogen and oxygen atoms in total. The van der Waals surface area contributed by atoms with Crippen LogP contribution in [-0.2, 0) is 10.8 Å². The first-order valence-corrected chi connectivity index (χ1v) is 17.9. The van der Waals surface area contributed by atoms with Gasteiger partial charge in [0.1, 0.15) is 0 Å². The van der Waals surface area contributed by atoms with Gasteiger partial charge in [0.25, 0.3) is 0 Å². The van der Waals surface area contributed by atoms with Crippen molar-refractivity contribution in [1.29, 1.82) is 0 Å². The molecule has 0 spiro atoms. The molecule has 4 aromatic heterocycles. The molecular formula is C42H30B2N2O3S. The zero-order valence-corrected chi connectivity index (χ0v) is 28.8. The highest BCUT2D eigenvalue weighted by Crippen LogP contribution is 2.54. The lowest BCUT2D eigenvalue weighted by Crippen LogP contribution is -2.25. The van der Waals surface area contributed by atoms with Crippen LogP contribution in [0, 0.1) is 0 Å². The summed E-state index contributed by atoms with van der Waals surface area (Å²) in [6, 6.07) is 35.0. The summed E-state index contributed by atoms with van der Waals surface area (Å²) in [7, 11) is 2.24. The molecule has 50 heavy (non-hydrogen) atoms. The van der Waals surface area contributed by atoms with Crippen molar-refractivity contribution in [2.75, 3.05) is 0 Å². The molecule has 11 rings (SSSR count). The molecule has 0 bridgehead atoms. The Hall–Kier alpha value is -5.01. The van der Waals surface area contributed by atoms with Crippen LogP contribution in [0.3, 0.4) is 0 Å². The highest BCUT2D eigenvalue weighted by molar-refractivity contribution is 7.19. The second kappa shape index (κ2) is 9.40. The number of benzene rings is 5. The minimum Gasteiger partial charge on any atom is -0.452 e. The predicted molar refractivity (Wildman–Crippen MR) is 208 cm³/mol. The lowest BCUT2D eigenvalue weighted by atomic mass is 9.76. The van der Waals surface area contributed by atoms with Crippen LogP contribution in [0.15, 0.2) is 101 Å². The maximum absolute atomic E-state index is 9.92. The zero-order valence-electron chi connectivity index (χ0n) is 28.0. The SMILES string of the molecule is CC1(C)c2sc3cc(-c4cccc5c4c4cccc6c4n5-c4oc([B]O)cc4C6(C)C)ccc3c2-n2c3ccc([B]O)cc3c3cccc1c32. The molecule has 0 saturated heterocycles. The third-order valence-corrected chi connectivity index (χ3v) is 13.1. The fraction of sp³-hybridized carbons (Fsp3) is 0.143. The highest BCUT2D eigenvalue weighted by Gasteiger charge is 2.40. The Morgan fingerprint density at radius 1 is 0.640 bits per heavy atom. The van der Waals surface area contributed by atoms with Crippen molar-refractivity contribution in [2.45, 2.75) is 38.5 Å². The Balaban J connectivity index is 1.19. The minimum absolute atomic E-state index is 0.188. The van der Waals surface area contributed by atoms with Crippen molar-refractivity contribution >= 4 is 91.1 Å². The Bertz CT molecular complexity index is 2980. The van der Waals surface area contributed by atoms with Crippen molar-refractivity contribution in [2.24, 2.45) is 0 Å². The lowest BCUT2D eigenvalue weighted by molar-refractivity contribution is 0.527. The van der Waals surface area contributed by atoms with Gasteiger partial charge in [0.2, 0.25) is 5.88 Å². The summed E-state index contributed by atoms with van der Waals surface area (Å²) < 4.78 is 12.3. The molecule has 0 unspecified atom stereocenters. The summed E-state index contributed by atoms with van der Waals surface area (Å²) in [6.45, 7) is 9.17. The molecule has 0 fully saturated rings. The number of thiophene rings is 1. The van der Waals surface area contributed by atoms with Gasteiger partial charge in [0, 0.05) is 52.9 Å². The van der Waals surface area contributed by atoms with Gasteiger partial charge in [0.15, 0.2) is 0 Å². The predicted octanol–water partition coefficient (Wildman–Crippen LogP) is 8.11. The molecule has 6 heterocycles. The van der Waals surface area contributed by atoms with E-state index in [0.29, 0.717) is 5.66 Å². The van der Waals surface area contributed by atoms with Gasteiger partial charge >= 0.3 is 15.0 Å². The number of hydrogen-bond acceptors (Lipinski definition) is 4. The van der Waals surface area contributed by atoms with Crippen LogP contribution in [-0.4, -0.2) is 34.1 Å². The van der Waals surface area contributed by atoms with Crippen LogP contribution in [0.4, 0.5) is 0 Å². The molecule has 9 aromatic rings. The summed E-state index contributed by atoms with van der Waals surface area (Å²) >= 11 is 1.90. The second-order valence-electron chi connectivity index (χ2n) is 14.9. The highest BCUT2D eigenvalue weighted by atomic mass is 32.1. The van der Waals surface area contributed by atoms with Crippen LogP contribution in [0.1, 0.15) is 49.3 Å². The van der Waals surface area contributed by atoms with Gasteiger partial charge in [-0.05, 0) is 46.5 Å². The number of hydrogen-bond donors (Lipinski definition) is 2. The number of nitrogens with zero attached hydrogens (tertiary/aromatic N) is 2. The first-order valence-electron chi connectivity index (χ1n) is 17.0. The van der Waals surface area contributed by atoms with Crippen LogP contribution in [0.5, 0.6) is 0 Å². The van der Waals surface area contributed by atoms with Crippen LogP contribution >= 0.6 is 11.3 Å². The molecule has 8 heteroatoms. The number of rotatable bonds is 3. The van der Waals surface area contributed by atoms with E-state index in [1.165, 1.54) is 72.1 Å². The fourth-order valence-electron chi connectivity index (χ4n) is 9.22. The van der Waals surface area contributed by atoms with E-state index in [4.69, 9.17) is 4.42 Å². The van der Waals surface area contributed by atoms with E-state index in [2.05, 4.69) is 122 Å². The molecule has 0 amide bonds. The van der Waals surface area contributed by atoms with Crippen LogP contribution < -0.4 is 11.1 Å². The first-order chi connectivity index (χ1) is 24.2. The molecule has 238 valence electrons. The normalized spacial score (nSPS) is 15.3. The zero-order chi connectivity index (χ0) is 33.8. The average Bonchev–Trinajstić information content (AvgIpc) is 3.89. The average molecular weight is 664 g/mol. The molecule has 2 aliphatic rings. The Morgan fingerprint density at radius 3 is 2.20 bits per heavy atom. The van der Waals surface area contributed by atoms with E-state index in [1.54, 1.807) is 0 Å². The number of para-hydroxylation sites is 2. The van der Waals surface area contributed by atoms with Gasteiger partial charge in [-0.15, -0.1) is 11.3 Å². The van der Waals surface area contributed by atoms with Crippen molar-refractivity contribution in [1.82, 2.24) is 9.13 Å². The van der Waals surface area contributed by atoms with E-state index >= 15 is 0 Å². The summed E-state index contributed by atoms with van der Waals surface area (Å²) in [6.07, 6.45) is 0. The van der Waals surface area contributed by atoms with E-state index in [1.807, 2.05) is 23.5 Å². The third kappa shape index (κ3) is 3.32. The molecule has 0 aliphatic carbocycles. The lowest BCUT2D eigenvalue weighted by Gasteiger charge is -2.32. The monoisotopic (exact) mass is 664 g/mol. The molecule has 0 atom stereocenters. The number of fused-ring (bicyclic) bond motifs is 12. The summed E-state index contributed by atoms with van der Waals surface area (Å²) in [4.78, 5) is 1.36. The van der Waals surface area contributed by atoms with Crippen molar-refractivity contribution < 1.29 is 14.5 Å². The molecule has 2 aliphatic heterocycles. The molecule has 2 radical (unpaired) electrons. The first kappa shape index (κ1) is 28.8. The summed E-state index contributed by atoms with van der Waals surface area (Å²) in [5.74, 6) is 0.767. The fourth-order valence-corrected chi connectivity index (χ4v) is 10.6. The van der Waals surface area contributed by atoms with Crippen molar-refractivity contribution in [3.8, 4) is 22.7 Å². The third-order valence-electron chi connectivity index (χ3n) is 11.6. The quantitative estimate of drug-likeness (QED) is 0.188. The van der Waals surface area contributed by atoms with E-state index in [-0.39, 0.29) is 10.8 Å². The molecule has 2 N–H and O–H groups in total. The largest absolute Gasteiger partial charge is 0.452 e. The summed E-state index contributed by atoms with van der Waals surface area (Å²) in [5.41, 5.74) is 12.7. The second-order valence-corrected chi connectivity index (χ2v) is 16.0. The van der Waals surface area contributed by atoms with E-state index in [9.17, 15) is 10.0 Å². The van der Waals surface area contributed by atoms with E-state index < -0.39 is 0 Å². The van der Waals surface area contributed by atoms with E-state index in [0.717, 1.165) is 46.3 Å². The van der Waals surface area contributed by atoms with Gasteiger partial charge < -0.3 is 19.0 Å². The number of furan rings is 1. The van der Waals surface area contributed by atoms with Crippen LogP contribution in [0.2, 0.25) is 0 Å². The minimum atomic E-state index is -0.296. The summed E-state index contributed by atoms with van der Waals surface area (Å²) in [5, 5.41) is 25.8. The maximum Gasteiger partial charge on any atom is 0.373 e. The van der Waals surface area contributed by atoms with Crippen molar-refractivity contribution in [3.63, 3.8) is 0 Å². The van der Waals surface area contributed by atoms with Gasteiger partial charge in [-0.1, -0.05) is 106 Å². The van der Waals surface area contributed by atoms with Gasteiger partial charge in [-0.25, -0.2) is 0 Å². The number of aromatic nitrogens is 2. The smallest absolute Gasteiger partial charge is 0.373 e. The van der Waals surface area contributed by atoms with Gasteiger partial charge in [-0.2, -0.15) is 0 Å². The van der Waals surface area contributed by atoms with Gasteiger partial charge in [0.05, 0.1) is 33.4 Å². The Kier molecular flexibility index (Phi) is 5.41. The maximum atomic E-state index is 9.92. The van der Waals surface area contributed by atoms with Crippen molar-refractivity contribution in [3.05, 3.63) is 119 Å².